The van der Waals surface area contributed by atoms with Crippen LogP contribution in [0.25, 0.3) is 10.9 Å². The van der Waals surface area contributed by atoms with Gasteiger partial charge in [-0.25, -0.2) is 0 Å². The summed E-state index contributed by atoms with van der Waals surface area (Å²) in [5.74, 6) is -0.491. The fourth-order valence-corrected chi connectivity index (χ4v) is 4.82. The van der Waals surface area contributed by atoms with Crippen LogP contribution in [0.4, 0.5) is 8.78 Å². The number of carbonyl (C=O) groups excluding carboxylic acids is 2. The van der Waals surface area contributed by atoms with Gasteiger partial charge in [-0.1, -0.05) is 18.2 Å². The van der Waals surface area contributed by atoms with E-state index < -0.39 is 12.2 Å². The molecule has 186 valence electrons. The first kappa shape index (κ1) is 23.4. The van der Waals surface area contributed by atoms with Crippen molar-refractivity contribution in [3.05, 3.63) is 53.5 Å². The maximum absolute atomic E-state index is 13.3. The molecule has 0 unspecified atom stereocenters. The highest BCUT2D eigenvalue weighted by Gasteiger charge is 2.36. The van der Waals surface area contributed by atoms with Crippen LogP contribution < -0.4 is 5.32 Å². The molecule has 0 radical (unpaired) electrons. The summed E-state index contributed by atoms with van der Waals surface area (Å²) in [6.45, 7) is -1.00. The monoisotopic (exact) mass is 487 g/mol. The second kappa shape index (κ2) is 9.74. The van der Waals surface area contributed by atoms with Crippen LogP contribution in [0, 0.1) is 0 Å². The quantitative estimate of drug-likeness (QED) is 0.534. The fourth-order valence-electron chi connectivity index (χ4n) is 4.82. The van der Waals surface area contributed by atoms with Crippen LogP contribution in [0.3, 0.4) is 0 Å². The number of halogens is 2. The van der Waals surface area contributed by atoms with E-state index in [0.717, 1.165) is 10.9 Å². The molecule has 1 aromatic carbocycles. The van der Waals surface area contributed by atoms with E-state index in [-0.39, 0.29) is 31.4 Å². The Morgan fingerprint density at radius 1 is 1.23 bits per heavy atom. The molecule has 0 spiro atoms. The molecule has 2 amide bonds. The standard InChI is InChI=1S/C24H27F2N5O4/c25-23(26)35-12-7-24(5-10-34-11-6-24)29-21(32)17-14-27-31-9-8-30(15-20(17)31)22(33)19-13-16-3-1-2-4-18(16)28-19/h1-4,13-14,23,28H,5-12,15H2,(H,29,32). The van der Waals surface area contributed by atoms with Crippen molar-refractivity contribution in [3.63, 3.8) is 0 Å². The van der Waals surface area contributed by atoms with E-state index in [1.54, 1.807) is 9.58 Å². The van der Waals surface area contributed by atoms with Crippen LogP contribution in [-0.2, 0) is 22.6 Å². The van der Waals surface area contributed by atoms with Crippen molar-refractivity contribution in [1.82, 2.24) is 25.0 Å². The van der Waals surface area contributed by atoms with Gasteiger partial charge in [0.2, 0.25) is 0 Å². The summed E-state index contributed by atoms with van der Waals surface area (Å²) in [5.41, 5.74) is 1.69. The fraction of sp³-hybridized carbons (Fsp3) is 0.458. The van der Waals surface area contributed by atoms with Crippen LogP contribution >= 0.6 is 0 Å². The van der Waals surface area contributed by atoms with Gasteiger partial charge in [0, 0.05) is 36.2 Å². The summed E-state index contributed by atoms with van der Waals surface area (Å²) in [4.78, 5) is 31.4. The minimum Gasteiger partial charge on any atom is -0.381 e. The number of nitrogens with one attached hydrogen (secondary N) is 2. The molecule has 2 N–H and O–H groups in total. The zero-order valence-corrected chi connectivity index (χ0v) is 19.1. The number of amides is 2. The Morgan fingerprint density at radius 3 is 2.80 bits per heavy atom. The van der Waals surface area contributed by atoms with Gasteiger partial charge in [-0.2, -0.15) is 13.9 Å². The number of para-hydroxylation sites is 1. The number of carbonyl (C=O) groups is 2. The molecular weight excluding hydrogens is 460 g/mol. The van der Waals surface area contributed by atoms with E-state index in [1.807, 2.05) is 30.3 Å². The summed E-state index contributed by atoms with van der Waals surface area (Å²) in [7, 11) is 0. The molecular formula is C24H27F2N5O4. The van der Waals surface area contributed by atoms with Crippen LogP contribution in [0.15, 0.2) is 36.5 Å². The van der Waals surface area contributed by atoms with E-state index in [2.05, 4.69) is 20.1 Å². The Labute approximate surface area is 200 Å². The number of H-pyrrole nitrogens is 1. The molecule has 3 aromatic rings. The van der Waals surface area contributed by atoms with Gasteiger partial charge in [-0.15, -0.1) is 0 Å². The van der Waals surface area contributed by atoms with E-state index in [0.29, 0.717) is 56.1 Å². The minimum atomic E-state index is -2.86. The number of fused-ring (bicyclic) bond motifs is 2. The Kier molecular flexibility index (Phi) is 6.52. The lowest BCUT2D eigenvalue weighted by Gasteiger charge is -2.38. The first-order chi connectivity index (χ1) is 16.9. The van der Waals surface area contributed by atoms with Crippen molar-refractivity contribution >= 4 is 22.7 Å². The number of ether oxygens (including phenoxy) is 2. The van der Waals surface area contributed by atoms with Crippen LogP contribution in [0.2, 0.25) is 0 Å². The molecule has 2 aromatic heterocycles. The van der Waals surface area contributed by atoms with Crippen LogP contribution in [-0.4, -0.2) is 70.0 Å². The summed E-state index contributed by atoms with van der Waals surface area (Å²) in [5, 5.41) is 8.34. The first-order valence-corrected chi connectivity index (χ1v) is 11.7. The Hall–Kier alpha value is -3.31. The number of alkyl halides is 2. The van der Waals surface area contributed by atoms with Gasteiger partial charge in [0.25, 0.3) is 11.8 Å². The molecule has 4 heterocycles. The second-order valence-corrected chi connectivity index (χ2v) is 8.95. The molecule has 0 saturated carbocycles. The lowest BCUT2D eigenvalue weighted by Crippen LogP contribution is -2.53. The van der Waals surface area contributed by atoms with Crippen LogP contribution in [0.1, 0.15) is 45.8 Å². The van der Waals surface area contributed by atoms with Gasteiger partial charge in [0.1, 0.15) is 5.69 Å². The molecule has 2 aliphatic rings. The molecule has 2 aliphatic heterocycles. The third kappa shape index (κ3) is 4.92. The Balaban J connectivity index is 1.31. The number of hydrogen-bond donors (Lipinski definition) is 2. The lowest BCUT2D eigenvalue weighted by molar-refractivity contribution is -0.134. The molecule has 0 atom stereocenters. The van der Waals surface area contributed by atoms with Gasteiger partial charge in [0.15, 0.2) is 0 Å². The maximum Gasteiger partial charge on any atom is 0.345 e. The van der Waals surface area contributed by atoms with Crippen molar-refractivity contribution in [2.24, 2.45) is 0 Å². The zero-order chi connectivity index (χ0) is 24.4. The third-order valence-corrected chi connectivity index (χ3v) is 6.82. The number of benzene rings is 1. The molecule has 35 heavy (non-hydrogen) atoms. The molecule has 1 fully saturated rings. The number of aromatic amines is 1. The summed E-state index contributed by atoms with van der Waals surface area (Å²) in [6, 6.07) is 9.50. The minimum absolute atomic E-state index is 0.148. The average molecular weight is 488 g/mol. The topological polar surface area (TPSA) is 101 Å². The lowest BCUT2D eigenvalue weighted by atomic mass is 9.86. The number of rotatable bonds is 7. The van der Waals surface area contributed by atoms with Gasteiger partial charge >= 0.3 is 6.61 Å². The van der Waals surface area contributed by atoms with Crippen molar-refractivity contribution in [2.45, 2.75) is 44.5 Å². The van der Waals surface area contributed by atoms with Gasteiger partial charge < -0.3 is 24.7 Å². The Morgan fingerprint density at radius 2 is 2.03 bits per heavy atom. The van der Waals surface area contributed by atoms with E-state index >= 15 is 0 Å². The Bertz CT molecular complexity index is 1180. The second-order valence-electron chi connectivity index (χ2n) is 8.95. The molecule has 11 heteroatoms. The summed E-state index contributed by atoms with van der Waals surface area (Å²) >= 11 is 0. The smallest absolute Gasteiger partial charge is 0.345 e. The highest BCUT2D eigenvalue weighted by atomic mass is 19.3. The van der Waals surface area contributed by atoms with E-state index in [1.165, 1.54) is 6.20 Å². The van der Waals surface area contributed by atoms with E-state index in [9.17, 15) is 18.4 Å². The molecule has 1 saturated heterocycles. The normalized spacial score (nSPS) is 17.5. The molecule has 5 rings (SSSR count). The molecule has 0 aliphatic carbocycles. The third-order valence-electron chi connectivity index (χ3n) is 6.82. The zero-order valence-electron chi connectivity index (χ0n) is 19.1. The van der Waals surface area contributed by atoms with Gasteiger partial charge in [0.05, 0.1) is 37.2 Å². The number of hydrogen-bond acceptors (Lipinski definition) is 5. The maximum atomic E-state index is 13.3. The van der Waals surface area contributed by atoms with Crippen molar-refractivity contribution < 1.29 is 27.8 Å². The first-order valence-electron chi connectivity index (χ1n) is 11.7. The number of nitrogens with zero attached hydrogens (tertiary/aromatic N) is 3. The van der Waals surface area contributed by atoms with Crippen LogP contribution in [0.5, 0.6) is 0 Å². The predicted molar refractivity (Wildman–Crippen MR) is 122 cm³/mol. The predicted octanol–water partition coefficient (Wildman–Crippen LogP) is 2.93. The average Bonchev–Trinajstić information content (AvgIpc) is 3.48. The van der Waals surface area contributed by atoms with Gasteiger partial charge in [-0.05, 0) is 31.4 Å². The van der Waals surface area contributed by atoms with E-state index in [4.69, 9.17) is 4.74 Å². The largest absolute Gasteiger partial charge is 0.381 e. The van der Waals surface area contributed by atoms with Crippen molar-refractivity contribution in [2.75, 3.05) is 26.4 Å². The number of aromatic nitrogens is 3. The van der Waals surface area contributed by atoms with Crippen molar-refractivity contribution in [1.29, 1.82) is 0 Å². The SMILES string of the molecule is O=C(NC1(CCOC(F)F)CCOCC1)c1cnn2c1CN(C(=O)c1cc3ccccc3[nH]1)CC2. The molecule has 9 nitrogen and oxygen atoms in total. The summed E-state index contributed by atoms with van der Waals surface area (Å²) < 4.78 is 36.6. The highest BCUT2D eigenvalue weighted by Crippen LogP contribution is 2.27. The highest BCUT2D eigenvalue weighted by molar-refractivity contribution is 5.99. The van der Waals surface area contributed by atoms with Gasteiger partial charge in [-0.3, -0.25) is 14.3 Å². The van der Waals surface area contributed by atoms with Crippen molar-refractivity contribution in [3.8, 4) is 0 Å². The molecule has 0 bridgehead atoms. The summed E-state index contributed by atoms with van der Waals surface area (Å²) in [6.07, 6.45) is 2.75.